The van der Waals surface area contributed by atoms with Crippen LogP contribution in [0.3, 0.4) is 0 Å². The van der Waals surface area contributed by atoms with Crippen molar-refractivity contribution in [3.8, 4) is 0 Å². The van der Waals surface area contributed by atoms with Gasteiger partial charge < -0.3 is 15.2 Å². The van der Waals surface area contributed by atoms with Gasteiger partial charge in [0, 0.05) is 17.3 Å². The molecule has 0 saturated heterocycles. The number of para-hydroxylation sites is 1. The molecule has 0 aliphatic carbocycles. The highest BCUT2D eigenvalue weighted by Gasteiger charge is 2.27. The molecule has 3 aromatic rings. The molecule has 3 rings (SSSR count). The number of aryl methyl sites for hydroxylation is 2. The number of thioether (sulfide) groups is 1. The molecule has 0 radical (unpaired) electrons. The number of carbonyl (C=O) groups excluding carboxylic acids is 2. The lowest BCUT2D eigenvalue weighted by Crippen LogP contribution is -2.34. The molecule has 0 aliphatic rings. The minimum absolute atomic E-state index is 0.0321. The Labute approximate surface area is 220 Å². The minimum atomic E-state index is -0.403. The van der Waals surface area contributed by atoms with Crippen LogP contribution >= 0.6 is 35.0 Å². The van der Waals surface area contributed by atoms with Gasteiger partial charge in [-0.1, -0.05) is 67.0 Å². The number of hydrogen-bond acceptors (Lipinski definition) is 5. The van der Waals surface area contributed by atoms with Gasteiger partial charge >= 0.3 is 0 Å². The minimum Gasteiger partial charge on any atom is -0.342 e. The van der Waals surface area contributed by atoms with Crippen molar-refractivity contribution >= 4 is 52.5 Å². The molecule has 1 aromatic heterocycles. The zero-order valence-electron chi connectivity index (χ0n) is 20.4. The molecule has 2 N–H and O–H groups in total. The number of amides is 2. The largest absolute Gasteiger partial charge is 0.342 e. The highest BCUT2D eigenvalue weighted by Crippen LogP contribution is 2.27. The van der Waals surface area contributed by atoms with E-state index in [2.05, 4.69) is 20.8 Å². The normalized spacial score (nSPS) is 12.0. The molecule has 186 valence electrons. The summed E-state index contributed by atoms with van der Waals surface area (Å²) in [6, 6.07) is 10.2. The van der Waals surface area contributed by atoms with Gasteiger partial charge in [0.15, 0.2) is 11.0 Å². The van der Waals surface area contributed by atoms with E-state index in [1.807, 2.05) is 57.4 Å². The van der Waals surface area contributed by atoms with Crippen LogP contribution < -0.4 is 10.6 Å². The third kappa shape index (κ3) is 6.57. The summed E-state index contributed by atoms with van der Waals surface area (Å²) < 4.78 is 1.92. The Morgan fingerprint density at radius 1 is 1.09 bits per heavy atom. The lowest BCUT2D eigenvalue weighted by atomic mass is 10.0. The summed E-state index contributed by atoms with van der Waals surface area (Å²) in [6.45, 7) is 10.5. The van der Waals surface area contributed by atoms with Crippen LogP contribution in [0.5, 0.6) is 0 Å². The lowest BCUT2D eigenvalue weighted by Gasteiger charge is -2.23. The molecule has 0 saturated carbocycles. The van der Waals surface area contributed by atoms with Crippen molar-refractivity contribution in [3.05, 3.63) is 69.0 Å². The van der Waals surface area contributed by atoms with E-state index in [0.29, 0.717) is 28.1 Å². The first-order valence-corrected chi connectivity index (χ1v) is 13.0. The second-order valence-electron chi connectivity index (χ2n) is 8.51. The van der Waals surface area contributed by atoms with Gasteiger partial charge in [-0.3, -0.25) is 9.59 Å². The summed E-state index contributed by atoms with van der Waals surface area (Å²) in [7, 11) is 0. The first-order chi connectivity index (χ1) is 16.6. The van der Waals surface area contributed by atoms with Gasteiger partial charge in [-0.2, -0.15) is 0 Å². The Hall–Kier alpha value is -2.55. The predicted molar refractivity (Wildman–Crippen MR) is 142 cm³/mol. The topological polar surface area (TPSA) is 88.9 Å². The molecular formula is C25H29Cl2N5O2S. The second kappa shape index (κ2) is 11.9. The van der Waals surface area contributed by atoms with E-state index in [1.165, 1.54) is 17.8 Å². The van der Waals surface area contributed by atoms with Crippen molar-refractivity contribution in [1.29, 1.82) is 0 Å². The summed E-state index contributed by atoms with van der Waals surface area (Å²) in [4.78, 5) is 25.6. The quantitative estimate of drug-likeness (QED) is 0.325. The summed E-state index contributed by atoms with van der Waals surface area (Å²) in [5, 5.41) is 16.1. The molecule has 2 aromatic carbocycles. The van der Waals surface area contributed by atoms with Crippen LogP contribution in [0.4, 0.5) is 5.69 Å². The number of nitrogens with zero attached hydrogens (tertiary/aromatic N) is 3. The van der Waals surface area contributed by atoms with Crippen molar-refractivity contribution in [3.63, 3.8) is 0 Å². The maximum absolute atomic E-state index is 13.0. The van der Waals surface area contributed by atoms with Crippen LogP contribution in [-0.4, -0.2) is 32.3 Å². The van der Waals surface area contributed by atoms with Crippen molar-refractivity contribution in [1.82, 2.24) is 20.1 Å². The van der Waals surface area contributed by atoms with Gasteiger partial charge in [-0.25, -0.2) is 0 Å². The number of nitrogens with one attached hydrogen (secondary N) is 2. The summed E-state index contributed by atoms with van der Waals surface area (Å²) in [6.07, 6.45) is 0. The SMILES string of the molecule is CCn1c(SCC(=O)Nc2c(C)cccc2C)nnc1[C@@H](NC(=O)c1ccc(Cl)cc1Cl)C(C)C. The highest BCUT2D eigenvalue weighted by molar-refractivity contribution is 7.99. The molecule has 1 atom stereocenters. The van der Waals surface area contributed by atoms with E-state index in [9.17, 15) is 9.59 Å². The van der Waals surface area contributed by atoms with Gasteiger partial charge in [0.05, 0.1) is 22.4 Å². The number of halogens is 2. The maximum atomic E-state index is 13.0. The Morgan fingerprint density at radius 3 is 2.37 bits per heavy atom. The predicted octanol–water partition coefficient (Wildman–Crippen LogP) is 6.08. The average molecular weight is 535 g/mol. The van der Waals surface area contributed by atoms with Crippen LogP contribution in [0.25, 0.3) is 0 Å². The molecule has 0 unspecified atom stereocenters. The Morgan fingerprint density at radius 2 is 1.77 bits per heavy atom. The molecule has 0 fully saturated rings. The summed E-state index contributed by atoms with van der Waals surface area (Å²) >= 11 is 13.5. The second-order valence-corrected chi connectivity index (χ2v) is 10.3. The molecule has 10 heteroatoms. The third-order valence-corrected chi connectivity index (χ3v) is 7.06. The number of benzene rings is 2. The van der Waals surface area contributed by atoms with Gasteiger partial charge in [0.1, 0.15) is 0 Å². The first-order valence-electron chi connectivity index (χ1n) is 11.3. The lowest BCUT2D eigenvalue weighted by molar-refractivity contribution is -0.113. The van der Waals surface area contributed by atoms with Crippen LogP contribution in [0.15, 0.2) is 41.6 Å². The molecule has 0 spiro atoms. The number of rotatable bonds is 9. The highest BCUT2D eigenvalue weighted by atomic mass is 35.5. The van der Waals surface area contributed by atoms with Crippen molar-refractivity contribution in [2.24, 2.45) is 5.92 Å². The first kappa shape index (κ1) is 27.0. The zero-order valence-corrected chi connectivity index (χ0v) is 22.7. The van der Waals surface area contributed by atoms with E-state index in [4.69, 9.17) is 23.2 Å². The molecular weight excluding hydrogens is 505 g/mol. The van der Waals surface area contributed by atoms with Gasteiger partial charge in [0.2, 0.25) is 5.91 Å². The van der Waals surface area contributed by atoms with Gasteiger partial charge in [-0.05, 0) is 56.0 Å². The maximum Gasteiger partial charge on any atom is 0.253 e. The van der Waals surface area contributed by atoms with E-state index in [1.54, 1.807) is 12.1 Å². The number of carbonyl (C=O) groups is 2. The molecule has 1 heterocycles. The fourth-order valence-corrected chi connectivity index (χ4v) is 4.98. The monoisotopic (exact) mass is 533 g/mol. The zero-order chi connectivity index (χ0) is 25.7. The van der Waals surface area contributed by atoms with E-state index in [0.717, 1.165) is 16.8 Å². The molecule has 2 amide bonds. The van der Waals surface area contributed by atoms with E-state index < -0.39 is 6.04 Å². The molecule has 0 bridgehead atoms. The summed E-state index contributed by atoms with van der Waals surface area (Å²) in [5.74, 6) is 0.401. The average Bonchev–Trinajstić information content (AvgIpc) is 3.20. The molecule has 35 heavy (non-hydrogen) atoms. The van der Waals surface area contributed by atoms with Crippen molar-refractivity contribution in [2.45, 2.75) is 52.4 Å². The van der Waals surface area contributed by atoms with E-state index in [-0.39, 0.29) is 28.5 Å². The van der Waals surface area contributed by atoms with Crippen LogP contribution in [-0.2, 0) is 11.3 Å². The Bertz CT molecular complexity index is 1210. The number of aromatic nitrogens is 3. The van der Waals surface area contributed by atoms with E-state index >= 15 is 0 Å². The smallest absolute Gasteiger partial charge is 0.253 e. The van der Waals surface area contributed by atoms with Crippen LogP contribution in [0.2, 0.25) is 10.0 Å². The van der Waals surface area contributed by atoms with Crippen LogP contribution in [0, 0.1) is 19.8 Å². The molecule has 0 aliphatic heterocycles. The Kier molecular flexibility index (Phi) is 9.21. The fourth-order valence-electron chi connectivity index (χ4n) is 3.67. The van der Waals surface area contributed by atoms with Gasteiger partial charge in [-0.15, -0.1) is 10.2 Å². The number of hydrogen-bond donors (Lipinski definition) is 2. The van der Waals surface area contributed by atoms with Crippen molar-refractivity contribution < 1.29 is 9.59 Å². The number of anilines is 1. The van der Waals surface area contributed by atoms with Crippen molar-refractivity contribution in [2.75, 3.05) is 11.1 Å². The Balaban J connectivity index is 1.75. The van der Waals surface area contributed by atoms with Crippen LogP contribution in [0.1, 0.15) is 54.1 Å². The summed E-state index contributed by atoms with van der Waals surface area (Å²) in [5.41, 5.74) is 3.19. The third-order valence-electron chi connectivity index (χ3n) is 5.55. The molecule has 7 nitrogen and oxygen atoms in total. The standard InChI is InChI=1S/C25H29Cl2N5O2S/c1-6-32-23(21(14(2)3)29-24(34)18-11-10-17(26)12-19(18)27)30-31-25(32)35-13-20(33)28-22-15(4)8-7-9-16(22)5/h7-12,14,21H,6,13H2,1-5H3,(H,28,33)(H,29,34)/t21-/m0/s1. The fraction of sp³-hybridized carbons (Fsp3) is 0.360. The van der Waals surface area contributed by atoms with Gasteiger partial charge in [0.25, 0.3) is 5.91 Å².